The lowest BCUT2D eigenvalue weighted by Crippen LogP contribution is -2.15. The second-order valence-electron chi connectivity index (χ2n) is 2.26. The summed E-state index contributed by atoms with van der Waals surface area (Å²) >= 11 is 0. The molecule has 0 aliphatic rings. The van der Waals surface area contributed by atoms with Crippen LogP contribution in [0, 0.1) is 6.92 Å². The van der Waals surface area contributed by atoms with Gasteiger partial charge in [0.25, 0.3) is 0 Å². The van der Waals surface area contributed by atoms with Crippen LogP contribution in [0.5, 0.6) is 0 Å². The summed E-state index contributed by atoms with van der Waals surface area (Å²) in [6, 6.07) is 1.77. The first-order valence-electron chi connectivity index (χ1n) is 3.25. The van der Waals surface area contributed by atoms with Crippen molar-refractivity contribution in [2.75, 3.05) is 0 Å². The molecule has 0 aliphatic carbocycles. The Bertz CT molecular complexity index is 272. The lowest BCUT2D eigenvalue weighted by molar-refractivity contribution is -0.117. The molecule has 1 heterocycles. The maximum Gasteiger partial charge on any atom is 0.225 e. The molecule has 4 heteroatoms. The van der Waals surface area contributed by atoms with Gasteiger partial charge in [-0.15, -0.1) is 0 Å². The first kappa shape index (κ1) is 7.65. The largest absolute Gasteiger partial charge is 0.369 e. The van der Waals surface area contributed by atoms with Crippen LogP contribution in [0.25, 0.3) is 0 Å². The number of carbonyl (C=O) groups excluding carboxylic acids is 1. The topological polar surface area (TPSA) is 68.9 Å². The average Bonchev–Trinajstić information content (AvgIpc) is 1.85. The number of aryl methyl sites for hydroxylation is 1. The summed E-state index contributed by atoms with van der Waals surface area (Å²) in [6.07, 6.45) is 1.72. The van der Waals surface area contributed by atoms with Crippen LogP contribution in [-0.2, 0) is 11.2 Å². The van der Waals surface area contributed by atoms with E-state index in [1.54, 1.807) is 12.3 Å². The molecule has 58 valence electrons. The van der Waals surface area contributed by atoms with Gasteiger partial charge in [-0.05, 0) is 13.0 Å². The van der Waals surface area contributed by atoms with Crippen LogP contribution >= 0.6 is 0 Å². The minimum absolute atomic E-state index is 0.113. The summed E-state index contributed by atoms with van der Waals surface area (Å²) < 4.78 is 0. The Balaban J connectivity index is 2.79. The Morgan fingerprint density at radius 3 is 3.00 bits per heavy atom. The second-order valence-corrected chi connectivity index (χ2v) is 2.26. The fraction of sp³-hybridized carbons (Fsp3) is 0.286. The quantitative estimate of drug-likeness (QED) is 0.637. The fourth-order valence-corrected chi connectivity index (χ4v) is 0.742. The minimum Gasteiger partial charge on any atom is -0.369 e. The molecule has 1 aromatic rings. The lowest BCUT2D eigenvalue weighted by atomic mass is 10.3. The highest BCUT2D eigenvalue weighted by molar-refractivity contribution is 5.75. The third kappa shape index (κ3) is 2.33. The minimum atomic E-state index is -0.407. The third-order valence-electron chi connectivity index (χ3n) is 1.18. The van der Waals surface area contributed by atoms with Gasteiger partial charge in [-0.1, -0.05) is 0 Å². The van der Waals surface area contributed by atoms with Gasteiger partial charge >= 0.3 is 0 Å². The van der Waals surface area contributed by atoms with Crippen molar-refractivity contribution in [1.29, 1.82) is 0 Å². The van der Waals surface area contributed by atoms with Crippen molar-refractivity contribution in [1.82, 2.24) is 9.97 Å². The molecule has 0 fully saturated rings. The molecule has 1 aromatic heterocycles. The lowest BCUT2D eigenvalue weighted by Gasteiger charge is -1.95. The van der Waals surface area contributed by atoms with E-state index in [2.05, 4.69) is 9.97 Å². The normalized spacial score (nSPS) is 9.55. The highest BCUT2D eigenvalue weighted by Gasteiger charge is 1.99. The Labute approximate surface area is 64.5 Å². The van der Waals surface area contributed by atoms with Gasteiger partial charge in [-0.25, -0.2) is 9.97 Å². The molecule has 0 spiro atoms. The molecule has 0 saturated carbocycles. The third-order valence-corrected chi connectivity index (χ3v) is 1.18. The second kappa shape index (κ2) is 3.09. The predicted molar refractivity (Wildman–Crippen MR) is 39.7 cm³/mol. The number of hydrogen-bond acceptors (Lipinski definition) is 3. The zero-order chi connectivity index (χ0) is 8.27. The predicted octanol–water partition coefficient (Wildman–Crippen LogP) is -0.187. The maximum atomic E-state index is 10.4. The summed E-state index contributed by atoms with van der Waals surface area (Å²) in [4.78, 5) is 18.3. The summed E-state index contributed by atoms with van der Waals surface area (Å²) in [5, 5.41) is 0. The first-order chi connectivity index (χ1) is 5.18. The van der Waals surface area contributed by atoms with Gasteiger partial charge in [0.05, 0.1) is 6.42 Å². The van der Waals surface area contributed by atoms with E-state index in [9.17, 15) is 4.79 Å². The van der Waals surface area contributed by atoms with E-state index < -0.39 is 5.91 Å². The number of nitrogens with two attached hydrogens (primary N) is 1. The number of primary amides is 1. The van der Waals surface area contributed by atoms with Crippen LogP contribution < -0.4 is 5.73 Å². The molecule has 4 nitrogen and oxygen atoms in total. The maximum absolute atomic E-state index is 10.4. The van der Waals surface area contributed by atoms with E-state index in [1.165, 1.54) is 0 Å². The van der Waals surface area contributed by atoms with E-state index in [-0.39, 0.29) is 6.42 Å². The molecule has 0 saturated heterocycles. The van der Waals surface area contributed by atoms with Gasteiger partial charge in [0.15, 0.2) is 0 Å². The number of rotatable bonds is 2. The molecule has 0 aromatic carbocycles. The Morgan fingerprint density at radius 2 is 2.45 bits per heavy atom. The van der Waals surface area contributed by atoms with Crippen molar-refractivity contribution >= 4 is 5.91 Å². The number of amides is 1. The summed E-state index contributed by atoms with van der Waals surface area (Å²) in [7, 11) is 0. The van der Waals surface area contributed by atoms with Crippen molar-refractivity contribution in [3.05, 3.63) is 23.8 Å². The average molecular weight is 151 g/mol. The molecule has 0 atom stereocenters. The number of aromatic nitrogens is 2. The molecule has 0 aliphatic heterocycles. The SMILES string of the molecule is Cc1ccnc(CC(N)=O)n1. The Kier molecular flexibility index (Phi) is 2.15. The fourth-order valence-electron chi connectivity index (χ4n) is 0.742. The van der Waals surface area contributed by atoms with Gasteiger partial charge in [0, 0.05) is 11.9 Å². The van der Waals surface area contributed by atoms with Crippen LogP contribution in [0.15, 0.2) is 12.3 Å². The Morgan fingerprint density at radius 1 is 1.73 bits per heavy atom. The standard InChI is InChI=1S/C7H9N3O/c1-5-2-3-9-7(10-5)4-6(8)11/h2-3H,4H2,1H3,(H2,8,11). The molecule has 0 unspecified atom stereocenters. The summed E-state index contributed by atoms with van der Waals surface area (Å²) in [6.45, 7) is 1.84. The smallest absolute Gasteiger partial charge is 0.225 e. The summed E-state index contributed by atoms with van der Waals surface area (Å²) in [5.74, 6) is 0.0769. The van der Waals surface area contributed by atoms with E-state index in [1.807, 2.05) is 6.92 Å². The van der Waals surface area contributed by atoms with Crippen LogP contribution in [0.1, 0.15) is 11.5 Å². The number of hydrogen-bond donors (Lipinski definition) is 1. The van der Waals surface area contributed by atoms with Gasteiger partial charge in [-0.2, -0.15) is 0 Å². The Hall–Kier alpha value is -1.45. The van der Waals surface area contributed by atoms with E-state index >= 15 is 0 Å². The zero-order valence-electron chi connectivity index (χ0n) is 6.24. The highest BCUT2D eigenvalue weighted by atomic mass is 16.1. The van der Waals surface area contributed by atoms with Crippen molar-refractivity contribution in [3.8, 4) is 0 Å². The van der Waals surface area contributed by atoms with Gasteiger partial charge in [0.1, 0.15) is 5.82 Å². The van der Waals surface area contributed by atoms with Crippen LogP contribution in [-0.4, -0.2) is 15.9 Å². The molecule has 11 heavy (non-hydrogen) atoms. The van der Waals surface area contributed by atoms with E-state index in [4.69, 9.17) is 5.73 Å². The van der Waals surface area contributed by atoms with Crippen molar-refractivity contribution < 1.29 is 4.79 Å². The molecular weight excluding hydrogens is 142 g/mol. The number of carbonyl (C=O) groups is 1. The van der Waals surface area contributed by atoms with Gasteiger partial charge in [0.2, 0.25) is 5.91 Å². The molecular formula is C7H9N3O. The molecule has 0 radical (unpaired) electrons. The molecule has 1 rings (SSSR count). The van der Waals surface area contributed by atoms with Crippen molar-refractivity contribution in [3.63, 3.8) is 0 Å². The first-order valence-corrected chi connectivity index (χ1v) is 3.25. The zero-order valence-corrected chi connectivity index (χ0v) is 6.24. The highest BCUT2D eigenvalue weighted by Crippen LogP contribution is 1.93. The molecule has 0 bridgehead atoms. The van der Waals surface area contributed by atoms with E-state index in [0.29, 0.717) is 5.82 Å². The van der Waals surface area contributed by atoms with Crippen LogP contribution in [0.3, 0.4) is 0 Å². The number of nitrogens with zero attached hydrogens (tertiary/aromatic N) is 2. The molecule has 2 N–H and O–H groups in total. The van der Waals surface area contributed by atoms with Gasteiger partial charge < -0.3 is 5.73 Å². The van der Waals surface area contributed by atoms with Crippen LogP contribution in [0.4, 0.5) is 0 Å². The van der Waals surface area contributed by atoms with E-state index in [0.717, 1.165) is 5.69 Å². The summed E-state index contributed by atoms with van der Waals surface area (Å²) in [5.41, 5.74) is 5.80. The van der Waals surface area contributed by atoms with Crippen LogP contribution in [0.2, 0.25) is 0 Å². The monoisotopic (exact) mass is 151 g/mol. The van der Waals surface area contributed by atoms with Crippen molar-refractivity contribution in [2.45, 2.75) is 13.3 Å². The van der Waals surface area contributed by atoms with Crippen molar-refractivity contribution in [2.24, 2.45) is 5.73 Å². The van der Waals surface area contributed by atoms with Gasteiger partial charge in [-0.3, -0.25) is 4.79 Å². The molecule has 1 amide bonds.